The molecule has 8 heteroatoms. The van der Waals surface area contributed by atoms with E-state index in [0.717, 1.165) is 10.9 Å². The highest BCUT2D eigenvalue weighted by molar-refractivity contribution is 6.11. The van der Waals surface area contributed by atoms with Crippen LogP contribution in [0.3, 0.4) is 0 Å². The molecule has 0 aliphatic rings. The summed E-state index contributed by atoms with van der Waals surface area (Å²) in [4.78, 5) is 18.3. The zero-order valence-corrected chi connectivity index (χ0v) is 12.0. The molecule has 0 atom stereocenters. The molecular formula is C13H15N7O. The first-order valence-corrected chi connectivity index (χ1v) is 6.38. The molecule has 21 heavy (non-hydrogen) atoms. The van der Waals surface area contributed by atoms with Crippen molar-refractivity contribution >= 4 is 28.7 Å². The van der Waals surface area contributed by atoms with E-state index in [1.54, 1.807) is 21.7 Å². The number of benzene rings is 1. The van der Waals surface area contributed by atoms with Crippen molar-refractivity contribution in [3.05, 3.63) is 30.0 Å². The third-order valence-electron chi connectivity index (χ3n) is 3.01. The Bertz CT molecular complexity index is 802. The lowest BCUT2D eigenvalue weighted by atomic mass is 10.1. The summed E-state index contributed by atoms with van der Waals surface area (Å²) >= 11 is 0. The van der Waals surface area contributed by atoms with Crippen LogP contribution in [0.5, 0.6) is 0 Å². The molecule has 1 aromatic carbocycles. The summed E-state index contributed by atoms with van der Waals surface area (Å²) in [5, 5.41) is 14.5. The van der Waals surface area contributed by atoms with Gasteiger partial charge in [0.25, 0.3) is 5.91 Å². The van der Waals surface area contributed by atoms with Crippen molar-refractivity contribution < 1.29 is 4.79 Å². The fourth-order valence-electron chi connectivity index (χ4n) is 2.04. The molecule has 2 N–H and O–H groups in total. The van der Waals surface area contributed by atoms with Crippen LogP contribution in [-0.2, 0) is 7.05 Å². The van der Waals surface area contributed by atoms with Crippen LogP contribution in [0.2, 0.25) is 0 Å². The van der Waals surface area contributed by atoms with Crippen LogP contribution in [0, 0.1) is 0 Å². The Morgan fingerprint density at radius 3 is 2.90 bits per heavy atom. The molecule has 0 spiro atoms. The molecule has 8 nitrogen and oxygen atoms in total. The van der Waals surface area contributed by atoms with Gasteiger partial charge in [-0.25, -0.2) is 5.10 Å². The predicted molar refractivity (Wildman–Crippen MR) is 79.4 cm³/mol. The maximum Gasteiger partial charge on any atom is 0.258 e. The molecule has 0 aliphatic carbocycles. The van der Waals surface area contributed by atoms with E-state index in [2.05, 4.69) is 25.6 Å². The maximum absolute atomic E-state index is 12.4. The Morgan fingerprint density at radius 1 is 1.38 bits per heavy atom. The van der Waals surface area contributed by atoms with Gasteiger partial charge in [-0.15, -0.1) is 5.10 Å². The van der Waals surface area contributed by atoms with Crippen LogP contribution < -0.4 is 10.2 Å². The van der Waals surface area contributed by atoms with Gasteiger partial charge in [0.05, 0.1) is 11.1 Å². The highest BCUT2D eigenvalue weighted by Crippen LogP contribution is 2.18. The molecule has 0 bridgehead atoms. The van der Waals surface area contributed by atoms with E-state index in [9.17, 15) is 4.79 Å². The van der Waals surface area contributed by atoms with E-state index < -0.39 is 0 Å². The van der Waals surface area contributed by atoms with Crippen molar-refractivity contribution in [1.82, 2.24) is 25.0 Å². The summed E-state index contributed by atoms with van der Waals surface area (Å²) in [6.07, 6.45) is 1.82. The van der Waals surface area contributed by atoms with Crippen molar-refractivity contribution in [3.8, 4) is 0 Å². The van der Waals surface area contributed by atoms with Crippen LogP contribution in [0.1, 0.15) is 10.4 Å². The number of carbonyl (C=O) groups is 1. The summed E-state index contributed by atoms with van der Waals surface area (Å²) in [6.45, 7) is 0. The monoisotopic (exact) mass is 285 g/mol. The first-order chi connectivity index (χ1) is 10.0. The number of rotatable bonds is 3. The summed E-state index contributed by atoms with van der Waals surface area (Å²) in [7, 11) is 5.47. The quantitative estimate of drug-likeness (QED) is 0.749. The van der Waals surface area contributed by atoms with E-state index in [1.165, 1.54) is 0 Å². The number of nitrogens with zero attached hydrogens (tertiary/aromatic N) is 5. The Morgan fingerprint density at radius 2 is 2.19 bits per heavy atom. The van der Waals surface area contributed by atoms with Gasteiger partial charge in [-0.1, -0.05) is 6.07 Å². The molecule has 0 saturated carbocycles. The smallest absolute Gasteiger partial charge is 0.258 e. The summed E-state index contributed by atoms with van der Waals surface area (Å²) in [6, 6.07) is 5.42. The van der Waals surface area contributed by atoms with Gasteiger partial charge in [0, 0.05) is 32.7 Å². The number of hydrogen-bond donors (Lipinski definition) is 2. The summed E-state index contributed by atoms with van der Waals surface area (Å²) in [5.74, 6) is 0.560. The normalized spacial score (nSPS) is 10.8. The van der Waals surface area contributed by atoms with Gasteiger partial charge in [0.2, 0.25) is 11.9 Å². The maximum atomic E-state index is 12.4. The molecule has 3 aromatic rings. The molecule has 0 unspecified atom stereocenters. The van der Waals surface area contributed by atoms with E-state index in [-0.39, 0.29) is 5.91 Å². The van der Waals surface area contributed by atoms with Gasteiger partial charge in [0.15, 0.2) is 0 Å². The molecule has 2 aromatic heterocycles. The first-order valence-electron chi connectivity index (χ1n) is 6.38. The lowest BCUT2D eigenvalue weighted by Crippen LogP contribution is -2.14. The highest BCUT2D eigenvalue weighted by atomic mass is 16.1. The number of H-pyrrole nitrogens is 1. The SMILES string of the molecule is CN(C)c1n[nH]c(NC(=O)c2cccc3nn(C)cc23)n1. The molecule has 108 valence electrons. The van der Waals surface area contributed by atoms with Crippen LogP contribution >= 0.6 is 0 Å². The van der Waals surface area contributed by atoms with Gasteiger partial charge < -0.3 is 4.90 Å². The number of aromatic amines is 1. The zero-order valence-electron chi connectivity index (χ0n) is 12.0. The van der Waals surface area contributed by atoms with Crippen molar-refractivity contribution in [2.75, 3.05) is 24.3 Å². The van der Waals surface area contributed by atoms with Crippen molar-refractivity contribution in [1.29, 1.82) is 0 Å². The Hall–Kier alpha value is -2.90. The minimum atomic E-state index is -0.255. The van der Waals surface area contributed by atoms with E-state index in [0.29, 0.717) is 17.5 Å². The van der Waals surface area contributed by atoms with E-state index in [4.69, 9.17) is 0 Å². The Balaban J connectivity index is 1.89. The molecule has 0 saturated heterocycles. The zero-order chi connectivity index (χ0) is 15.0. The lowest BCUT2D eigenvalue weighted by Gasteiger charge is -2.04. The number of hydrogen-bond acceptors (Lipinski definition) is 5. The summed E-state index contributed by atoms with van der Waals surface area (Å²) in [5.41, 5.74) is 1.32. The molecule has 0 aliphatic heterocycles. The average molecular weight is 285 g/mol. The predicted octanol–water partition coefficient (Wildman–Crippen LogP) is 1.01. The number of aryl methyl sites for hydroxylation is 1. The van der Waals surface area contributed by atoms with Gasteiger partial charge in [-0.05, 0) is 12.1 Å². The number of nitrogens with one attached hydrogen (secondary N) is 2. The molecule has 0 radical (unpaired) electrons. The second-order valence-corrected chi connectivity index (χ2v) is 4.87. The third kappa shape index (κ3) is 2.42. The van der Waals surface area contributed by atoms with Crippen LogP contribution in [0.4, 0.5) is 11.9 Å². The topological polar surface area (TPSA) is 91.7 Å². The largest absolute Gasteiger partial charge is 0.346 e. The molecule has 3 rings (SSSR count). The number of aromatic nitrogens is 5. The Labute approximate surface area is 120 Å². The van der Waals surface area contributed by atoms with Crippen molar-refractivity contribution in [3.63, 3.8) is 0 Å². The molecule has 0 fully saturated rings. The molecule has 2 heterocycles. The first kappa shape index (κ1) is 13.1. The van der Waals surface area contributed by atoms with E-state index in [1.807, 2.05) is 33.4 Å². The molecular weight excluding hydrogens is 270 g/mol. The van der Waals surface area contributed by atoms with Crippen molar-refractivity contribution in [2.45, 2.75) is 0 Å². The van der Waals surface area contributed by atoms with Gasteiger partial charge in [-0.3, -0.25) is 14.8 Å². The molecule has 1 amide bonds. The number of carbonyl (C=O) groups excluding carboxylic acids is 1. The Kier molecular flexibility index (Phi) is 3.05. The van der Waals surface area contributed by atoms with Gasteiger partial charge in [-0.2, -0.15) is 10.1 Å². The van der Waals surface area contributed by atoms with Gasteiger partial charge in [0.1, 0.15) is 0 Å². The number of fused-ring (bicyclic) bond motifs is 1. The van der Waals surface area contributed by atoms with Crippen LogP contribution in [0.15, 0.2) is 24.4 Å². The fourth-order valence-corrected chi connectivity index (χ4v) is 2.04. The summed E-state index contributed by atoms with van der Waals surface area (Å²) < 4.78 is 1.68. The van der Waals surface area contributed by atoms with Gasteiger partial charge >= 0.3 is 0 Å². The third-order valence-corrected chi connectivity index (χ3v) is 3.01. The standard InChI is InChI=1S/C13H15N7O/c1-19(2)13-15-12(16-17-13)14-11(21)8-5-4-6-10-9(8)7-20(3)18-10/h4-7H,1-3H3,(H2,14,15,16,17,21). The lowest BCUT2D eigenvalue weighted by molar-refractivity contribution is 0.102. The fraction of sp³-hybridized carbons (Fsp3) is 0.231. The highest BCUT2D eigenvalue weighted by Gasteiger charge is 2.14. The number of amides is 1. The minimum Gasteiger partial charge on any atom is -0.346 e. The van der Waals surface area contributed by atoms with Crippen LogP contribution in [0.25, 0.3) is 10.9 Å². The average Bonchev–Trinajstić information content (AvgIpc) is 3.03. The number of anilines is 2. The van der Waals surface area contributed by atoms with Crippen molar-refractivity contribution in [2.24, 2.45) is 7.05 Å². The second-order valence-electron chi connectivity index (χ2n) is 4.87. The second kappa shape index (κ2) is 4.89. The minimum absolute atomic E-state index is 0.255. The van der Waals surface area contributed by atoms with E-state index >= 15 is 0 Å². The van der Waals surface area contributed by atoms with Crippen LogP contribution in [-0.4, -0.2) is 45.0 Å².